The highest BCUT2D eigenvalue weighted by atomic mass is 19.1. The number of morpholine rings is 1. The van der Waals surface area contributed by atoms with Gasteiger partial charge in [0.2, 0.25) is 5.91 Å². The summed E-state index contributed by atoms with van der Waals surface area (Å²) in [4.78, 5) is 13.7. The fourth-order valence-electron chi connectivity index (χ4n) is 2.17. The third-order valence-corrected chi connectivity index (χ3v) is 3.36. The van der Waals surface area contributed by atoms with Crippen LogP contribution in [0, 0.1) is 17.1 Å². The Morgan fingerprint density at radius 2 is 2.19 bits per heavy atom. The van der Waals surface area contributed by atoms with Crippen LogP contribution in [0.5, 0.6) is 0 Å². The Hall–Kier alpha value is -1.97. The van der Waals surface area contributed by atoms with Crippen molar-refractivity contribution >= 4 is 5.91 Å². The van der Waals surface area contributed by atoms with Gasteiger partial charge in [0.15, 0.2) is 0 Å². The summed E-state index contributed by atoms with van der Waals surface area (Å²) in [5.41, 5.74) is 0.866. The van der Waals surface area contributed by atoms with E-state index in [1.54, 1.807) is 11.0 Å². The van der Waals surface area contributed by atoms with Gasteiger partial charge in [-0.2, -0.15) is 5.26 Å². The Morgan fingerprint density at radius 3 is 2.90 bits per heavy atom. The molecular weight excluding hydrogens is 273 g/mol. The molecule has 2 rings (SSSR count). The van der Waals surface area contributed by atoms with E-state index in [9.17, 15) is 9.18 Å². The molecule has 0 atom stereocenters. The van der Waals surface area contributed by atoms with Crippen LogP contribution >= 0.6 is 0 Å². The van der Waals surface area contributed by atoms with Crippen LogP contribution in [-0.4, -0.2) is 43.7 Å². The molecule has 1 fully saturated rings. The number of carbonyl (C=O) groups excluding carboxylic acids is 1. The molecule has 0 radical (unpaired) electrons. The Kier molecular flexibility index (Phi) is 5.67. The minimum Gasteiger partial charge on any atom is -0.378 e. The topological polar surface area (TPSA) is 65.4 Å². The SMILES string of the molecule is N#Cc1cc(CNCCC(=O)N2CCOCC2)ccc1F. The summed E-state index contributed by atoms with van der Waals surface area (Å²) < 4.78 is 18.4. The highest BCUT2D eigenvalue weighted by molar-refractivity contribution is 5.76. The number of benzene rings is 1. The molecule has 1 aliphatic heterocycles. The molecule has 6 heteroatoms. The maximum Gasteiger partial charge on any atom is 0.224 e. The monoisotopic (exact) mass is 291 g/mol. The predicted octanol–water partition coefficient (Wildman–Crippen LogP) is 1.04. The van der Waals surface area contributed by atoms with E-state index in [4.69, 9.17) is 10.00 Å². The first-order valence-electron chi connectivity index (χ1n) is 6.95. The first-order valence-corrected chi connectivity index (χ1v) is 6.95. The number of nitrogens with zero attached hydrogens (tertiary/aromatic N) is 2. The van der Waals surface area contributed by atoms with Gasteiger partial charge in [-0.1, -0.05) is 6.07 Å². The molecule has 0 bridgehead atoms. The number of ether oxygens (including phenoxy) is 1. The average molecular weight is 291 g/mol. The third kappa shape index (κ3) is 4.52. The smallest absolute Gasteiger partial charge is 0.224 e. The second-order valence-corrected chi connectivity index (χ2v) is 4.85. The van der Waals surface area contributed by atoms with Crippen LogP contribution in [0.3, 0.4) is 0 Å². The maximum atomic E-state index is 13.2. The fraction of sp³-hybridized carbons (Fsp3) is 0.467. The van der Waals surface area contributed by atoms with Crippen LogP contribution in [-0.2, 0) is 16.1 Å². The van der Waals surface area contributed by atoms with Gasteiger partial charge in [0.05, 0.1) is 18.8 Å². The van der Waals surface area contributed by atoms with Crippen molar-refractivity contribution in [3.8, 4) is 6.07 Å². The van der Waals surface area contributed by atoms with E-state index in [1.165, 1.54) is 12.1 Å². The zero-order valence-corrected chi connectivity index (χ0v) is 11.8. The molecule has 0 unspecified atom stereocenters. The van der Waals surface area contributed by atoms with E-state index in [2.05, 4.69) is 5.32 Å². The van der Waals surface area contributed by atoms with E-state index in [0.29, 0.717) is 45.8 Å². The van der Waals surface area contributed by atoms with Gasteiger partial charge in [0.1, 0.15) is 11.9 Å². The number of amides is 1. The average Bonchev–Trinajstić information content (AvgIpc) is 2.53. The first kappa shape index (κ1) is 15.4. The van der Waals surface area contributed by atoms with Crippen LogP contribution in [0.4, 0.5) is 4.39 Å². The lowest BCUT2D eigenvalue weighted by molar-refractivity contribution is -0.135. The highest BCUT2D eigenvalue weighted by Crippen LogP contribution is 2.09. The molecule has 5 nitrogen and oxygen atoms in total. The second kappa shape index (κ2) is 7.72. The van der Waals surface area contributed by atoms with E-state index >= 15 is 0 Å². The third-order valence-electron chi connectivity index (χ3n) is 3.36. The summed E-state index contributed by atoms with van der Waals surface area (Å²) in [5.74, 6) is -0.397. The van der Waals surface area contributed by atoms with Gasteiger partial charge in [0, 0.05) is 32.6 Å². The summed E-state index contributed by atoms with van der Waals surface area (Å²) in [5, 5.41) is 11.9. The predicted molar refractivity (Wildman–Crippen MR) is 74.8 cm³/mol. The van der Waals surface area contributed by atoms with Crippen LogP contribution in [0.15, 0.2) is 18.2 Å². The summed E-state index contributed by atoms with van der Waals surface area (Å²) in [6, 6.07) is 6.25. The van der Waals surface area contributed by atoms with Crippen LogP contribution in [0.25, 0.3) is 0 Å². The molecule has 0 spiro atoms. The summed E-state index contributed by atoms with van der Waals surface area (Å²) in [6.45, 7) is 3.57. The van der Waals surface area contributed by atoms with E-state index < -0.39 is 5.82 Å². The molecule has 1 amide bonds. The standard InChI is InChI=1S/C15H18FN3O2/c16-14-2-1-12(9-13(14)10-17)11-18-4-3-15(20)19-5-7-21-8-6-19/h1-2,9,18H,3-8,11H2. The number of rotatable bonds is 5. The van der Waals surface area contributed by atoms with E-state index in [0.717, 1.165) is 5.56 Å². The van der Waals surface area contributed by atoms with Crippen molar-refractivity contribution in [2.24, 2.45) is 0 Å². The quantitative estimate of drug-likeness (QED) is 0.823. The lowest BCUT2D eigenvalue weighted by Crippen LogP contribution is -2.41. The van der Waals surface area contributed by atoms with Gasteiger partial charge in [0.25, 0.3) is 0 Å². The molecule has 0 saturated carbocycles. The van der Waals surface area contributed by atoms with Gasteiger partial charge in [-0.15, -0.1) is 0 Å². The molecule has 112 valence electrons. The zero-order chi connectivity index (χ0) is 15.1. The molecular formula is C15H18FN3O2. The highest BCUT2D eigenvalue weighted by Gasteiger charge is 2.15. The maximum absolute atomic E-state index is 13.2. The van der Waals surface area contributed by atoms with Gasteiger partial charge in [-0.25, -0.2) is 4.39 Å². The van der Waals surface area contributed by atoms with Crippen LogP contribution < -0.4 is 5.32 Å². The summed E-state index contributed by atoms with van der Waals surface area (Å²) in [7, 11) is 0. The zero-order valence-electron chi connectivity index (χ0n) is 11.8. The first-order chi connectivity index (χ1) is 10.2. The van der Waals surface area contributed by atoms with Gasteiger partial charge >= 0.3 is 0 Å². The largest absolute Gasteiger partial charge is 0.378 e. The molecule has 1 saturated heterocycles. The molecule has 1 heterocycles. The number of hydrogen-bond donors (Lipinski definition) is 1. The molecule has 1 aromatic rings. The number of nitrogens with one attached hydrogen (secondary N) is 1. The molecule has 1 N–H and O–H groups in total. The van der Waals surface area contributed by atoms with Crippen molar-refractivity contribution in [2.45, 2.75) is 13.0 Å². The minimum absolute atomic E-state index is 0.0405. The van der Waals surface area contributed by atoms with Gasteiger partial charge in [-0.3, -0.25) is 4.79 Å². The Balaban J connectivity index is 1.72. The summed E-state index contributed by atoms with van der Waals surface area (Å²) in [6.07, 6.45) is 0.423. The van der Waals surface area contributed by atoms with Gasteiger partial charge < -0.3 is 15.0 Å². The number of halogens is 1. The summed E-state index contributed by atoms with van der Waals surface area (Å²) >= 11 is 0. The van der Waals surface area contributed by atoms with Crippen molar-refractivity contribution in [1.29, 1.82) is 5.26 Å². The normalized spacial score (nSPS) is 14.8. The Labute approximate surface area is 123 Å². The van der Waals surface area contributed by atoms with E-state index in [-0.39, 0.29) is 11.5 Å². The van der Waals surface area contributed by atoms with Crippen molar-refractivity contribution in [2.75, 3.05) is 32.8 Å². The van der Waals surface area contributed by atoms with Crippen molar-refractivity contribution in [3.05, 3.63) is 35.1 Å². The molecule has 21 heavy (non-hydrogen) atoms. The van der Waals surface area contributed by atoms with Crippen molar-refractivity contribution in [3.63, 3.8) is 0 Å². The Bertz CT molecular complexity index is 536. The lowest BCUT2D eigenvalue weighted by Gasteiger charge is -2.26. The van der Waals surface area contributed by atoms with Gasteiger partial charge in [-0.05, 0) is 17.7 Å². The lowest BCUT2D eigenvalue weighted by atomic mass is 10.1. The van der Waals surface area contributed by atoms with Crippen molar-refractivity contribution in [1.82, 2.24) is 10.2 Å². The van der Waals surface area contributed by atoms with Crippen LogP contribution in [0.2, 0.25) is 0 Å². The number of nitriles is 1. The van der Waals surface area contributed by atoms with Crippen molar-refractivity contribution < 1.29 is 13.9 Å². The molecule has 0 aromatic heterocycles. The minimum atomic E-state index is -0.510. The molecule has 0 aliphatic carbocycles. The van der Waals surface area contributed by atoms with E-state index in [1.807, 2.05) is 6.07 Å². The number of carbonyl (C=O) groups is 1. The van der Waals surface area contributed by atoms with Crippen LogP contribution in [0.1, 0.15) is 17.5 Å². The Morgan fingerprint density at radius 1 is 1.43 bits per heavy atom. The molecule has 1 aromatic carbocycles. The fourth-order valence-corrected chi connectivity index (χ4v) is 2.17. The number of hydrogen-bond acceptors (Lipinski definition) is 4. The molecule has 1 aliphatic rings. The second-order valence-electron chi connectivity index (χ2n) is 4.85.